The molecule has 1 amide bonds. The average molecular weight is 526 g/mol. The zero-order valence-electron chi connectivity index (χ0n) is 24.5. The zero-order chi connectivity index (χ0) is 28.3. The van der Waals surface area contributed by atoms with Crippen LogP contribution in [0.3, 0.4) is 0 Å². The van der Waals surface area contributed by atoms with Crippen LogP contribution in [0.1, 0.15) is 71.2 Å². The summed E-state index contributed by atoms with van der Waals surface area (Å²) in [4.78, 5) is 14.7. The minimum Gasteiger partial charge on any atom is -0.444 e. The van der Waals surface area contributed by atoms with Gasteiger partial charge >= 0.3 is 13.2 Å². The van der Waals surface area contributed by atoms with E-state index in [0.717, 1.165) is 16.7 Å². The summed E-state index contributed by atoms with van der Waals surface area (Å²) in [6.45, 7) is 16.0. The summed E-state index contributed by atoms with van der Waals surface area (Å²) in [5.74, 6) is 0. The van der Waals surface area contributed by atoms with Crippen LogP contribution in [0.25, 0.3) is 11.1 Å². The van der Waals surface area contributed by atoms with Gasteiger partial charge in [-0.3, -0.25) is 5.32 Å². The standard InChI is InChI=1S/C32H39BN2O4/c1-20-10-16-24-25-17-15-23(34-29(36)37-30(2,3)4)19-27(25)35(9)28(26(24)18-20)21-11-13-22(14-12-21)33-38-31(5,6)32(7,8)39-33/h10-19,28H,1-9H3,(H,34,36). The average Bonchev–Trinajstić information content (AvgIpc) is 3.05. The van der Waals surface area contributed by atoms with E-state index in [2.05, 4.69) is 100 Å². The molecule has 2 heterocycles. The quantitative estimate of drug-likeness (QED) is 0.379. The SMILES string of the molecule is Cc1ccc2c(c1)C(c1ccc(B3OC(C)(C)C(C)(C)O3)cc1)N(C)c1cc(NC(=O)OC(C)(C)C)ccc1-2. The molecular weight excluding hydrogens is 487 g/mol. The summed E-state index contributed by atoms with van der Waals surface area (Å²) in [5, 5.41) is 2.89. The normalized spacial score (nSPS) is 19.4. The van der Waals surface area contributed by atoms with E-state index in [1.807, 2.05) is 32.9 Å². The van der Waals surface area contributed by atoms with Gasteiger partial charge in [0.15, 0.2) is 0 Å². The molecule has 7 heteroatoms. The molecule has 39 heavy (non-hydrogen) atoms. The number of rotatable bonds is 3. The van der Waals surface area contributed by atoms with Crippen LogP contribution in [0, 0.1) is 6.92 Å². The lowest BCUT2D eigenvalue weighted by molar-refractivity contribution is 0.00578. The minimum atomic E-state index is -0.566. The van der Waals surface area contributed by atoms with Crippen LogP contribution in [0.2, 0.25) is 0 Å². The van der Waals surface area contributed by atoms with Crippen LogP contribution in [0.5, 0.6) is 0 Å². The Bertz CT molecular complexity index is 1390. The van der Waals surface area contributed by atoms with Crippen LogP contribution < -0.4 is 15.7 Å². The molecule has 1 fully saturated rings. The van der Waals surface area contributed by atoms with Crippen molar-refractivity contribution in [3.8, 4) is 11.1 Å². The van der Waals surface area contributed by atoms with E-state index in [4.69, 9.17) is 14.0 Å². The highest BCUT2D eigenvalue weighted by atomic mass is 16.7. The molecule has 0 spiro atoms. The number of anilines is 2. The number of nitrogens with zero attached hydrogens (tertiary/aromatic N) is 1. The summed E-state index contributed by atoms with van der Waals surface area (Å²) in [6.07, 6.45) is -0.466. The van der Waals surface area contributed by atoms with E-state index < -0.39 is 18.8 Å². The number of fused-ring (bicyclic) bond motifs is 3. The van der Waals surface area contributed by atoms with Crippen molar-refractivity contribution >= 4 is 30.0 Å². The highest BCUT2D eigenvalue weighted by Gasteiger charge is 2.51. The second-order valence-corrected chi connectivity index (χ2v) is 12.7. The summed E-state index contributed by atoms with van der Waals surface area (Å²) < 4.78 is 18.0. The number of carbonyl (C=O) groups is 1. The van der Waals surface area contributed by atoms with Crippen molar-refractivity contribution in [3.05, 3.63) is 77.4 Å². The molecule has 5 rings (SSSR count). The first-order valence-corrected chi connectivity index (χ1v) is 13.6. The summed E-state index contributed by atoms with van der Waals surface area (Å²) in [5.41, 5.74) is 7.36. The minimum absolute atomic E-state index is 0.00322. The molecule has 2 aliphatic rings. The van der Waals surface area contributed by atoms with Crippen molar-refractivity contribution in [1.82, 2.24) is 0 Å². The molecule has 3 aromatic rings. The lowest BCUT2D eigenvalue weighted by Crippen LogP contribution is -2.41. The van der Waals surface area contributed by atoms with Gasteiger partial charge in [0.2, 0.25) is 0 Å². The molecule has 3 aromatic carbocycles. The van der Waals surface area contributed by atoms with E-state index in [9.17, 15) is 4.79 Å². The van der Waals surface area contributed by atoms with E-state index in [0.29, 0.717) is 5.69 Å². The summed E-state index contributed by atoms with van der Waals surface area (Å²) >= 11 is 0. The Labute approximate surface area is 232 Å². The van der Waals surface area contributed by atoms with Gasteiger partial charge in [0, 0.05) is 24.0 Å². The Balaban J connectivity index is 1.49. The fraction of sp³-hybridized carbons (Fsp3) is 0.406. The van der Waals surface area contributed by atoms with Crippen LogP contribution in [0.15, 0.2) is 60.7 Å². The molecule has 1 unspecified atom stereocenters. The van der Waals surface area contributed by atoms with Crippen molar-refractivity contribution in [2.24, 2.45) is 0 Å². The molecule has 1 saturated heterocycles. The molecule has 204 valence electrons. The van der Waals surface area contributed by atoms with Gasteiger partial charge in [0.1, 0.15) is 5.60 Å². The molecule has 0 saturated carbocycles. The molecule has 1 atom stereocenters. The molecule has 0 bridgehead atoms. The maximum absolute atomic E-state index is 12.5. The van der Waals surface area contributed by atoms with Gasteiger partial charge in [0.25, 0.3) is 0 Å². The number of benzene rings is 3. The third kappa shape index (κ3) is 5.18. The van der Waals surface area contributed by atoms with Crippen LogP contribution >= 0.6 is 0 Å². The van der Waals surface area contributed by atoms with Crippen molar-refractivity contribution in [3.63, 3.8) is 0 Å². The summed E-state index contributed by atoms with van der Waals surface area (Å²) in [7, 11) is 1.71. The largest absolute Gasteiger partial charge is 0.494 e. The number of hydrogen-bond donors (Lipinski definition) is 1. The molecule has 1 N–H and O–H groups in total. The lowest BCUT2D eigenvalue weighted by Gasteiger charge is -2.38. The van der Waals surface area contributed by atoms with Crippen molar-refractivity contribution in [2.75, 3.05) is 17.3 Å². The van der Waals surface area contributed by atoms with Gasteiger partial charge in [-0.15, -0.1) is 0 Å². The Morgan fingerprint density at radius 3 is 2.15 bits per heavy atom. The molecule has 0 aliphatic carbocycles. The number of aryl methyl sites for hydroxylation is 1. The van der Waals surface area contributed by atoms with Gasteiger partial charge in [-0.1, -0.05) is 54.1 Å². The fourth-order valence-corrected chi connectivity index (χ4v) is 5.27. The summed E-state index contributed by atoms with van der Waals surface area (Å²) in [6, 6.07) is 21.2. The monoisotopic (exact) mass is 526 g/mol. The van der Waals surface area contributed by atoms with Crippen LogP contribution in [-0.4, -0.2) is 37.1 Å². The van der Waals surface area contributed by atoms with E-state index in [1.54, 1.807) is 0 Å². The van der Waals surface area contributed by atoms with E-state index in [1.165, 1.54) is 22.3 Å². The van der Waals surface area contributed by atoms with Crippen LogP contribution in [0.4, 0.5) is 16.2 Å². The third-order valence-corrected chi connectivity index (χ3v) is 7.98. The second kappa shape index (κ2) is 9.42. The predicted octanol–water partition coefficient (Wildman–Crippen LogP) is 6.85. The predicted molar refractivity (Wildman–Crippen MR) is 159 cm³/mol. The van der Waals surface area contributed by atoms with Gasteiger partial charge in [0.05, 0.1) is 17.2 Å². The topological polar surface area (TPSA) is 60.0 Å². The van der Waals surface area contributed by atoms with Crippen molar-refractivity contribution in [1.29, 1.82) is 0 Å². The van der Waals surface area contributed by atoms with Crippen molar-refractivity contribution in [2.45, 2.75) is 78.2 Å². The second-order valence-electron chi connectivity index (χ2n) is 12.7. The smallest absolute Gasteiger partial charge is 0.444 e. The molecular formula is C32H39BN2O4. The lowest BCUT2D eigenvalue weighted by atomic mass is 9.77. The van der Waals surface area contributed by atoms with Gasteiger partial charge in [-0.2, -0.15) is 0 Å². The Hall–Kier alpha value is -3.29. The van der Waals surface area contributed by atoms with Gasteiger partial charge in [-0.25, -0.2) is 4.79 Å². The molecule has 6 nitrogen and oxygen atoms in total. The number of carbonyl (C=O) groups excluding carboxylic acids is 1. The first-order valence-electron chi connectivity index (χ1n) is 13.6. The molecule has 2 aliphatic heterocycles. The van der Waals surface area contributed by atoms with Gasteiger partial charge in [-0.05, 0) is 89.7 Å². The maximum Gasteiger partial charge on any atom is 0.494 e. The first kappa shape index (κ1) is 27.3. The highest BCUT2D eigenvalue weighted by molar-refractivity contribution is 6.62. The number of amides is 1. The Morgan fingerprint density at radius 1 is 0.923 bits per heavy atom. The number of ether oxygens (including phenoxy) is 1. The van der Waals surface area contributed by atoms with Gasteiger partial charge < -0.3 is 18.9 Å². The molecule has 0 aromatic heterocycles. The molecule has 0 radical (unpaired) electrons. The first-order chi connectivity index (χ1) is 18.1. The number of nitrogens with one attached hydrogen (secondary N) is 1. The maximum atomic E-state index is 12.5. The van der Waals surface area contributed by atoms with Crippen molar-refractivity contribution < 1.29 is 18.8 Å². The van der Waals surface area contributed by atoms with E-state index >= 15 is 0 Å². The Kier molecular flexibility index (Phi) is 6.59. The number of hydrogen-bond acceptors (Lipinski definition) is 5. The highest BCUT2D eigenvalue weighted by Crippen LogP contribution is 2.47. The zero-order valence-corrected chi connectivity index (χ0v) is 24.5. The van der Waals surface area contributed by atoms with E-state index in [-0.39, 0.29) is 17.2 Å². The van der Waals surface area contributed by atoms with Crippen LogP contribution in [-0.2, 0) is 14.0 Å². The third-order valence-electron chi connectivity index (χ3n) is 7.98. The fourth-order valence-electron chi connectivity index (χ4n) is 5.27. The Morgan fingerprint density at radius 2 is 1.54 bits per heavy atom.